The molecule has 3 rings (SSSR count). The molecular formula is C18H28N2. The van der Waals surface area contributed by atoms with E-state index in [1.165, 1.54) is 57.2 Å². The summed E-state index contributed by atoms with van der Waals surface area (Å²) in [5, 5.41) is 3.88. The van der Waals surface area contributed by atoms with Gasteiger partial charge in [0.25, 0.3) is 0 Å². The summed E-state index contributed by atoms with van der Waals surface area (Å²) in [5.74, 6) is 0. The van der Waals surface area contributed by atoms with Crippen molar-refractivity contribution >= 4 is 0 Å². The molecule has 1 N–H and O–H groups in total. The Bertz CT molecular complexity index is 403. The van der Waals surface area contributed by atoms with E-state index < -0.39 is 0 Å². The van der Waals surface area contributed by atoms with Crippen molar-refractivity contribution in [1.82, 2.24) is 10.2 Å². The largest absolute Gasteiger partial charge is 0.311 e. The second-order valence-corrected chi connectivity index (χ2v) is 6.65. The number of rotatable bonds is 5. The molecule has 0 radical (unpaired) electrons. The molecule has 2 aliphatic heterocycles. The lowest BCUT2D eigenvalue weighted by Crippen LogP contribution is -2.48. The highest BCUT2D eigenvalue weighted by Crippen LogP contribution is 2.27. The minimum absolute atomic E-state index is 0.633. The number of hydrogen-bond donors (Lipinski definition) is 1. The SMILES string of the molecule is CC(CCc1ccccc1)NC1CCN2CCCC2C1. The molecule has 2 saturated heterocycles. The molecule has 2 heteroatoms. The predicted octanol–water partition coefficient (Wildman–Crippen LogP) is 3.22. The Balaban J connectivity index is 1.41. The Morgan fingerprint density at radius 1 is 1.20 bits per heavy atom. The lowest BCUT2D eigenvalue weighted by molar-refractivity contribution is 0.161. The van der Waals surface area contributed by atoms with Crippen molar-refractivity contribution in [2.45, 2.75) is 63.6 Å². The smallest absolute Gasteiger partial charge is 0.0111 e. The second-order valence-electron chi connectivity index (χ2n) is 6.65. The Labute approximate surface area is 123 Å². The molecule has 0 spiro atoms. The maximum Gasteiger partial charge on any atom is 0.0111 e. The molecule has 1 aromatic rings. The number of piperidine rings is 1. The molecule has 1 aromatic carbocycles. The van der Waals surface area contributed by atoms with Crippen molar-refractivity contribution in [2.24, 2.45) is 0 Å². The molecule has 0 aromatic heterocycles. The summed E-state index contributed by atoms with van der Waals surface area (Å²) in [4.78, 5) is 2.70. The lowest BCUT2D eigenvalue weighted by atomic mass is 9.96. The zero-order valence-electron chi connectivity index (χ0n) is 12.7. The van der Waals surface area contributed by atoms with Gasteiger partial charge in [-0.1, -0.05) is 30.3 Å². The van der Waals surface area contributed by atoms with Gasteiger partial charge >= 0.3 is 0 Å². The van der Waals surface area contributed by atoms with Crippen LogP contribution in [0.15, 0.2) is 30.3 Å². The highest BCUT2D eigenvalue weighted by Gasteiger charge is 2.31. The first-order valence-electron chi connectivity index (χ1n) is 8.35. The Morgan fingerprint density at radius 3 is 2.90 bits per heavy atom. The molecule has 2 heterocycles. The van der Waals surface area contributed by atoms with Crippen LogP contribution in [-0.4, -0.2) is 36.1 Å². The van der Waals surface area contributed by atoms with Gasteiger partial charge in [0, 0.05) is 18.1 Å². The van der Waals surface area contributed by atoms with Crippen molar-refractivity contribution in [2.75, 3.05) is 13.1 Å². The third-order valence-electron chi connectivity index (χ3n) is 5.05. The molecule has 20 heavy (non-hydrogen) atoms. The van der Waals surface area contributed by atoms with Gasteiger partial charge < -0.3 is 10.2 Å². The average molecular weight is 272 g/mol. The van der Waals surface area contributed by atoms with E-state index in [1.54, 1.807) is 0 Å². The van der Waals surface area contributed by atoms with Crippen LogP contribution < -0.4 is 5.32 Å². The molecule has 2 nitrogen and oxygen atoms in total. The van der Waals surface area contributed by atoms with E-state index in [-0.39, 0.29) is 0 Å². The van der Waals surface area contributed by atoms with Crippen molar-refractivity contribution in [3.05, 3.63) is 35.9 Å². The fourth-order valence-electron chi connectivity index (χ4n) is 3.89. The number of nitrogens with one attached hydrogen (secondary N) is 1. The molecule has 0 aliphatic carbocycles. The maximum absolute atomic E-state index is 3.88. The number of nitrogens with zero attached hydrogens (tertiary/aromatic N) is 1. The standard InChI is InChI=1S/C18H28N2/c1-15(9-10-16-6-3-2-4-7-16)19-17-11-13-20-12-5-8-18(20)14-17/h2-4,6-7,15,17-19H,5,8-14H2,1H3. The average Bonchev–Trinajstić information content (AvgIpc) is 2.94. The third-order valence-corrected chi connectivity index (χ3v) is 5.05. The van der Waals surface area contributed by atoms with E-state index in [0.29, 0.717) is 6.04 Å². The number of hydrogen-bond acceptors (Lipinski definition) is 2. The van der Waals surface area contributed by atoms with Crippen molar-refractivity contribution in [3.8, 4) is 0 Å². The van der Waals surface area contributed by atoms with Crippen LogP contribution in [0.2, 0.25) is 0 Å². The van der Waals surface area contributed by atoms with Gasteiger partial charge in [-0.3, -0.25) is 0 Å². The van der Waals surface area contributed by atoms with Crippen molar-refractivity contribution in [3.63, 3.8) is 0 Å². The summed E-state index contributed by atoms with van der Waals surface area (Å²) in [6.07, 6.45) is 7.99. The lowest BCUT2D eigenvalue weighted by Gasteiger charge is -2.36. The minimum Gasteiger partial charge on any atom is -0.311 e. The number of benzene rings is 1. The van der Waals surface area contributed by atoms with Crippen LogP contribution in [0.5, 0.6) is 0 Å². The number of fused-ring (bicyclic) bond motifs is 1. The summed E-state index contributed by atoms with van der Waals surface area (Å²) < 4.78 is 0. The van der Waals surface area contributed by atoms with Gasteiger partial charge in [0.1, 0.15) is 0 Å². The van der Waals surface area contributed by atoms with E-state index in [1.807, 2.05) is 0 Å². The van der Waals surface area contributed by atoms with E-state index in [2.05, 4.69) is 47.5 Å². The first kappa shape index (κ1) is 14.1. The van der Waals surface area contributed by atoms with Crippen LogP contribution in [0.25, 0.3) is 0 Å². The van der Waals surface area contributed by atoms with E-state index in [9.17, 15) is 0 Å². The highest BCUT2D eigenvalue weighted by atomic mass is 15.2. The summed E-state index contributed by atoms with van der Waals surface area (Å²) in [5.41, 5.74) is 1.46. The fraction of sp³-hybridized carbons (Fsp3) is 0.667. The van der Waals surface area contributed by atoms with Crippen LogP contribution in [0.1, 0.15) is 44.6 Å². The zero-order valence-corrected chi connectivity index (χ0v) is 12.7. The normalized spacial score (nSPS) is 28.2. The van der Waals surface area contributed by atoms with Gasteiger partial charge in [-0.25, -0.2) is 0 Å². The van der Waals surface area contributed by atoms with E-state index in [4.69, 9.17) is 0 Å². The molecule has 3 unspecified atom stereocenters. The summed E-state index contributed by atoms with van der Waals surface area (Å²) in [6.45, 7) is 5.01. The Hall–Kier alpha value is -0.860. The number of aryl methyl sites for hydroxylation is 1. The highest BCUT2D eigenvalue weighted by molar-refractivity contribution is 5.14. The monoisotopic (exact) mass is 272 g/mol. The van der Waals surface area contributed by atoms with Gasteiger partial charge in [0.15, 0.2) is 0 Å². The summed E-state index contributed by atoms with van der Waals surface area (Å²) in [6, 6.07) is 13.1. The van der Waals surface area contributed by atoms with E-state index >= 15 is 0 Å². The van der Waals surface area contributed by atoms with Crippen LogP contribution >= 0.6 is 0 Å². The molecule has 2 fully saturated rings. The van der Waals surface area contributed by atoms with Gasteiger partial charge in [-0.15, -0.1) is 0 Å². The maximum atomic E-state index is 3.88. The molecular weight excluding hydrogens is 244 g/mol. The molecule has 0 amide bonds. The van der Waals surface area contributed by atoms with Crippen LogP contribution in [0.3, 0.4) is 0 Å². The molecule has 0 bridgehead atoms. The van der Waals surface area contributed by atoms with Gasteiger partial charge in [-0.05, 0) is 64.1 Å². The Morgan fingerprint density at radius 2 is 2.05 bits per heavy atom. The van der Waals surface area contributed by atoms with Crippen LogP contribution in [0, 0.1) is 0 Å². The second kappa shape index (κ2) is 6.73. The molecule has 0 saturated carbocycles. The first-order chi connectivity index (χ1) is 9.81. The Kier molecular flexibility index (Phi) is 4.74. The minimum atomic E-state index is 0.633. The summed E-state index contributed by atoms with van der Waals surface area (Å²) >= 11 is 0. The van der Waals surface area contributed by atoms with Crippen LogP contribution in [0.4, 0.5) is 0 Å². The van der Waals surface area contributed by atoms with Gasteiger partial charge in [0.05, 0.1) is 0 Å². The third kappa shape index (κ3) is 3.62. The topological polar surface area (TPSA) is 15.3 Å². The summed E-state index contributed by atoms with van der Waals surface area (Å²) in [7, 11) is 0. The predicted molar refractivity (Wildman–Crippen MR) is 85.0 cm³/mol. The first-order valence-corrected chi connectivity index (χ1v) is 8.35. The van der Waals surface area contributed by atoms with Gasteiger partial charge in [0.2, 0.25) is 0 Å². The molecule has 2 aliphatic rings. The van der Waals surface area contributed by atoms with Crippen molar-refractivity contribution < 1.29 is 0 Å². The quantitative estimate of drug-likeness (QED) is 0.885. The van der Waals surface area contributed by atoms with Crippen molar-refractivity contribution in [1.29, 1.82) is 0 Å². The van der Waals surface area contributed by atoms with Crippen LogP contribution in [-0.2, 0) is 6.42 Å². The zero-order chi connectivity index (χ0) is 13.8. The molecule has 3 atom stereocenters. The molecule has 110 valence electrons. The van der Waals surface area contributed by atoms with Gasteiger partial charge in [-0.2, -0.15) is 0 Å². The fourth-order valence-corrected chi connectivity index (χ4v) is 3.89. The van der Waals surface area contributed by atoms with E-state index in [0.717, 1.165) is 12.1 Å².